The van der Waals surface area contributed by atoms with Crippen molar-refractivity contribution in [3.63, 3.8) is 0 Å². The van der Waals surface area contributed by atoms with Crippen LogP contribution in [0.25, 0.3) is 0 Å². The first-order chi connectivity index (χ1) is 14.1. The summed E-state index contributed by atoms with van der Waals surface area (Å²) in [6.45, 7) is 5.32. The molecule has 1 amide bonds. The van der Waals surface area contributed by atoms with Gasteiger partial charge in [-0.2, -0.15) is 0 Å². The van der Waals surface area contributed by atoms with Gasteiger partial charge in [0, 0.05) is 17.0 Å². The van der Waals surface area contributed by atoms with Crippen molar-refractivity contribution in [2.24, 2.45) is 0 Å². The van der Waals surface area contributed by atoms with Crippen molar-refractivity contribution in [3.05, 3.63) is 58.6 Å². The highest BCUT2D eigenvalue weighted by Crippen LogP contribution is 2.24. The molecule has 0 saturated heterocycles. The van der Waals surface area contributed by atoms with Crippen LogP contribution in [-0.4, -0.2) is 35.9 Å². The van der Waals surface area contributed by atoms with Crippen LogP contribution in [0.3, 0.4) is 0 Å². The Bertz CT molecular complexity index is 893. The quantitative estimate of drug-likeness (QED) is 0.636. The van der Waals surface area contributed by atoms with E-state index in [1.807, 2.05) is 0 Å². The number of carbonyl (C=O) groups excluding carboxylic acids is 1. The van der Waals surface area contributed by atoms with Crippen molar-refractivity contribution in [1.29, 1.82) is 0 Å². The lowest BCUT2D eigenvalue weighted by molar-refractivity contribution is -0.139. The molecule has 0 fully saturated rings. The molecule has 0 bridgehead atoms. The van der Waals surface area contributed by atoms with E-state index in [-0.39, 0.29) is 13.0 Å². The predicted molar refractivity (Wildman–Crippen MR) is 113 cm³/mol. The van der Waals surface area contributed by atoms with E-state index < -0.39 is 23.7 Å². The number of carboxylic acid groups (broad SMARTS) is 1. The maximum absolute atomic E-state index is 12.0. The monoisotopic (exact) mass is 435 g/mol. The molecule has 162 valence electrons. The summed E-state index contributed by atoms with van der Waals surface area (Å²) in [5.74, 6) is 0.0473. The lowest BCUT2D eigenvalue weighted by Gasteiger charge is -2.22. The second-order valence-corrected chi connectivity index (χ2v) is 8.07. The van der Waals surface area contributed by atoms with E-state index in [4.69, 9.17) is 25.8 Å². The Morgan fingerprint density at radius 1 is 1.17 bits per heavy atom. The van der Waals surface area contributed by atoms with Gasteiger partial charge in [0.1, 0.15) is 29.7 Å². The van der Waals surface area contributed by atoms with Crippen LogP contribution < -0.4 is 14.8 Å². The summed E-state index contributed by atoms with van der Waals surface area (Å²) < 4.78 is 16.3. The largest absolute Gasteiger partial charge is 0.496 e. The summed E-state index contributed by atoms with van der Waals surface area (Å²) in [5.41, 5.74) is 0.707. The standard InChI is InChI=1S/C22H26ClNO6/c1-22(2,3)30-21(27)24-18(20(25)26)11-14-8-9-19(28-4)15(10-14)13-29-17-7-5-6-16(23)12-17/h5-10,12,18H,11,13H2,1-4H3,(H,24,27)(H,25,26). The number of nitrogens with one attached hydrogen (secondary N) is 1. The van der Waals surface area contributed by atoms with E-state index in [9.17, 15) is 14.7 Å². The Kier molecular flexibility index (Phi) is 7.94. The van der Waals surface area contributed by atoms with Gasteiger partial charge in [0.25, 0.3) is 0 Å². The molecule has 30 heavy (non-hydrogen) atoms. The topological polar surface area (TPSA) is 94.1 Å². The average Bonchev–Trinajstić information content (AvgIpc) is 2.64. The highest BCUT2D eigenvalue weighted by molar-refractivity contribution is 6.30. The van der Waals surface area contributed by atoms with E-state index in [1.165, 1.54) is 0 Å². The minimum atomic E-state index is -1.16. The highest BCUT2D eigenvalue weighted by Gasteiger charge is 2.24. The van der Waals surface area contributed by atoms with Gasteiger partial charge >= 0.3 is 12.1 Å². The SMILES string of the molecule is COc1ccc(CC(NC(=O)OC(C)(C)C)C(=O)O)cc1COc1cccc(Cl)c1. The van der Waals surface area contributed by atoms with Crippen LogP contribution >= 0.6 is 11.6 Å². The Balaban J connectivity index is 2.13. The molecule has 0 radical (unpaired) electrons. The van der Waals surface area contributed by atoms with Gasteiger partial charge in [0.05, 0.1) is 7.11 Å². The molecular weight excluding hydrogens is 410 g/mol. The fourth-order valence-electron chi connectivity index (χ4n) is 2.68. The van der Waals surface area contributed by atoms with Gasteiger partial charge in [0.15, 0.2) is 0 Å². The summed E-state index contributed by atoms with van der Waals surface area (Å²) in [6, 6.07) is 11.1. The Morgan fingerprint density at radius 2 is 1.90 bits per heavy atom. The molecule has 1 unspecified atom stereocenters. The highest BCUT2D eigenvalue weighted by atomic mass is 35.5. The molecular formula is C22H26ClNO6. The number of hydrogen-bond acceptors (Lipinski definition) is 5. The van der Waals surface area contributed by atoms with E-state index in [0.717, 1.165) is 5.56 Å². The fraction of sp³-hybridized carbons (Fsp3) is 0.364. The van der Waals surface area contributed by atoms with Crippen molar-refractivity contribution in [2.75, 3.05) is 7.11 Å². The normalized spacial score (nSPS) is 12.0. The lowest BCUT2D eigenvalue weighted by atomic mass is 10.0. The first kappa shape index (κ1) is 23.3. The number of hydrogen-bond donors (Lipinski definition) is 2. The smallest absolute Gasteiger partial charge is 0.408 e. The summed E-state index contributed by atoms with van der Waals surface area (Å²) in [5, 5.41) is 12.5. The van der Waals surface area contributed by atoms with Crippen molar-refractivity contribution in [3.8, 4) is 11.5 Å². The zero-order valence-corrected chi connectivity index (χ0v) is 18.2. The zero-order chi connectivity index (χ0) is 22.3. The van der Waals surface area contributed by atoms with E-state index in [2.05, 4.69) is 5.32 Å². The number of rotatable bonds is 8. The molecule has 2 rings (SSSR count). The summed E-state index contributed by atoms with van der Waals surface area (Å²) in [7, 11) is 1.54. The molecule has 0 aliphatic rings. The molecule has 0 spiro atoms. The third-order valence-corrected chi connectivity index (χ3v) is 4.20. The van der Waals surface area contributed by atoms with Crippen molar-refractivity contribution < 1.29 is 28.9 Å². The number of benzene rings is 2. The van der Waals surface area contributed by atoms with Crippen LogP contribution in [0.2, 0.25) is 5.02 Å². The molecule has 0 aromatic heterocycles. The van der Waals surface area contributed by atoms with Gasteiger partial charge in [-0.25, -0.2) is 9.59 Å². The van der Waals surface area contributed by atoms with Gasteiger partial charge in [-0.1, -0.05) is 23.7 Å². The van der Waals surface area contributed by atoms with Crippen molar-refractivity contribution >= 4 is 23.7 Å². The lowest BCUT2D eigenvalue weighted by Crippen LogP contribution is -2.44. The second-order valence-electron chi connectivity index (χ2n) is 7.63. The summed E-state index contributed by atoms with van der Waals surface area (Å²) >= 11 is 5.97. The maximum Gasteiger partial charge on any atom is 0.408 e. The van der Waals surface area contributed by atoms with E-state index in [1.54, 1.807) is 70.3 Å². The number of methoxy groups -OCH3 is 1. The van der Waals surface area contributed by atoms with Crippen molar-refractivity contribution in [2.45, 2.75) is 45.4 Å². The van der Waals surface area contributed by atoms with Crippen LogP contribution in [0.4, 0.5) is 4.79 Å². The van der Waals surface area contributed by atoms with Crippen LogP contribution in [0.5, 0.6) is 11.5 Å². The summed E-state index contributed by atoms with van der Waals surface area (Å²) in [4.78, 5) is 23.6. The number of aliphatic carboxylic acids is 1. The molecule has 0 aliphatic carbocycles. The predicted octanol–water partition coefficient (Wildman–Crippen LogP) is 4.45. The molecule has 8 heteroatoms. The van der Waals surface area contributed by atoms with Crippen molar-refractivity contribution in [1.82, 2.24) is 5.32 Å². The van der Waals surface area contributed by atoms with Gasteiger partial charge in [-0.15, -0.1) is 0 Å². The molecule has 0 saturated carbocycles. The molecule has 7 nitrogen and oxygen atoms in total. The third kappa shape index (κ3) is 7.48. The van der Waals surface area contributed by atoms with E-state index in [0.29, 0.717) is 22.1 Å². The zero-order valence-electron chi connectivity index (χ0n) is 17.4. The molecule has 1 atom stereocenters. The number of ether oxygens (including phenoxy) is 3. The van der Waals surface area contributed by atoms with Crippen LogP contribution in [0.15, 0.2) is 42.5 Å². The fourth-order valence-corrected chi connectivity index (χ4v) is 2.86. The molecule has 2 aromatic carbocycles. The Labute approximate surface area is 180 Å². The van der Waals surface area contributed by atoms with Gasteiger partial charge < -0.3 is 24.6 Å². The first-order valence-corrected chi connectivity index (χ1v) is 9.71. The first-order valence-electron chi connectivity index (χ1n) is 9.34. The van der Waals surface area contributed by atoms with E-state index >= 15 is 0 Å². The summed E-state index contributed by atoms with van der Waals surface area (Å²) in [6.07, 6.45) is -0.712. The molecule has 0 aliphatic heterocycles. The maximum atomic E-state index is 12.0. The average molecular weight is 436 g/mol. The van der Waals surface area contributed by atoms with Crippen LogP contribution in [0.1, 0.15) is 31.9 Å². The molecule has 2 aromatic rings. The number of alkyl carbamates (subject to hydrolysis) is 1. The minimum absolute atomic E-state index is 0.0722. The second kappa shape index (κ2) is 10.2. The Hall–Kier alpha value is -2.93. The molecule has 0 heterocycles. The number of amides is 1. The number of halogens is 1. The van der Waals surface area contributed by atoms with Crippen LogP contribution in [0, 0.1) is 0 Å². The van der Waals surface area contributed by atoms with Gasteiger partial charge in [0.2, 0.25) is 0 Å². The Morgan fingerprint density at radius 3 is 2.50 bits per heavy atom. The minimum Gasteiger partial charge on any atom is -0.496 e. The number of carboxylic acids is 1. The van der Waals surface area contributed by atoms with Gasteiger partial charge in [-0.05, 0) is 56.7 Å². The van der Waals surface area contributed by atoms with Crippen LogP contribution in [-0.2, 0) is 22.6 Å². The van der Waals surface area contributed by atoms with Gasteiger partial charge in [-0.3, -0.25) is 0 Å². The number of carbonyl (C=O) groups is 2. The third-order valence-electron chi connectivity index (χ3n) is 3.96. The molecule has 2 N–H and O–H groups in total.